The van der Waals surface area contributed by atoms with Gasteiger partial charge in [-0.3, -0.25) is 4.79 Å². The molecule has 1 aromatic rings. The van der Waals surface area contributed by atoms with Crippen LogP contribution in [0, 0.1) is 0 Å². The van der Waals surface area contributed by atoms with Crippen LogP contribution in [0.5, 0.6) is 0 Å². The standard InChI is InChI=1S/C13H13NO/c15-13-9-12-7-6-11(14(12)13)8-10-4-2-1-3-5-10/h1-6,12H,7-9H2/t12-/m1/s1. The molecule has 1 amide bonds. The molecule has 0 spiro atoms. The maximum Gasteiger partial charge on any atom is 0.229 e. The highest BCUT2D eigenvalue weighted by Gasteiger charge is 2.40. The minimum atomic E-state index is 0.291. The average Bonchev–Trinajstić information content (AvgIpc) is 2.56. The highest BCUT2D eigenvalue weighted by molar-refractivity contribution is 5.86. The van der Waals surface area contributed by atoms with E-state index in [4.69, 9.17) is 0 Å². The predicted octanol–water partition coefficient (Wildman–Crippen LogP) is 2.12. The SMILES string of the molecule is O=C1C[C@H]2CC=C(Cc3ccccc3)N12. The molecule has 0 saturated carbocycles. The topological polar surface area (TPSA) is 20.3 Å². The van der Waals surface area contributed by atoms with Crippen LogP contribution in [0.4, 0.5) is 0 Å². The molecule has 2 aliphatic heterocycles. The summed E-state index contributed by atoms with van der Waals surface area (Å²) in [5.41, 5.74) is 2.48. The zero-order valence-corrected chi connectivity index (χ0v) is 8.52. The Morgan fingerprint density at radius 1 is 1.27 bits per heavy atom. The monoisotopic (exact) mass is 199 g/mol. The van der Waals surface area contributed by atoms with E-state index in [0.29, 0.717) is 11.9 Å². The molecule has 2 heteroatoms. The molecule has 3 rings (SSSR count). The lowest BCUT2D eigenvalue weighted by atomic mass is 10.0. The Hall–Kier alpha value is -1.57. The maximum absolute atomic E-state index is 11.4. The van der Waals surface area contributed by atoms with Crippen LogP contribution in [0.2, 0.25) is 0 Å². The molecule has 1 atom stereocenters. The van der Waals surface area contributed by atoms with Gasteiger partial charge in [0.1, 0.15) is 0 Å². The number of β-lactam (4-membered cyclic amide) rings is 1. The predicted molar refractivity (Wildman–Crippen MR) is 58.1 cm³/mol. The maximum atomic E-state index is 11.4. The zero-order valence-electron chi connectivity index (χ0n) is 8.52. The first-order valence-corrected chi connectivity index (χ1v) is 5.39. The molecule has 0 radical (unpaired) electrons. The van der Waals surface area contributed by atoms with E-state index in [1.807, 2.05) is 23.1 Å². The number of amides is 1. The Morgan fingerprint density at radius 3 is 2.80 bits per heavy atom. The molecule has 0 bridgehead atoms. The minimum Gasteiger partial charge on any atom is -0.312 e. The van der Waals surface area contributed by atoms with Crippen molar-refractivity contribution in [3.05, 3.63) is 47.7 Å². The second-order valence-corrected chi connectivity index (χ2v) is 4.22. The Bertz CT molecular complexity index is 421. The second kappa shape index (κ2) is 3.23. The summed E-state index contributed by atoms with van der Waals surface area (Å²) >= 11 is 0. The minimum absolute atomic E-state index is 0.291. The molecule has 2 nitrogen and oxygen atoms in total. The van der Waals surface area contributed by atoms with Crippen LogP contribution in [0.25, 0.3) is 0 Å². The van der Waals surface area contributed by atoms with Crippen molar-refractivity contribution in [2.45, 2.75) is 25.3 Å². The molecule has 2 aliphatic rings. The number of rotatable bonds is 2. The largest absolute Gasteiger partial charge is 0.312 e. The molecule has 1 fully saturated rings. The van der Waals surface area contributed by atoms with Crippen LogP contribution in [-0.2, 0) is 11.2 Å². The molecule has 76 valence electrons. The van der Waals surface area contributed by atoms with Crippen molar-refractivity contribution in [3.8, 4) is 0 Å². The van der Waals surface area contributed by atoms with Crippen LogP contribution in [0.1, 0.15) is 18.4 Å². The first-order valence-electron chi connectivity index (χ1n) is 5.39. The molecule has 2 heterocycles. The van der Waals surface area contributed by atoms with Crippen LogP contribution in [0.3, 0.4) is 0 Å². The molecule has 0 N–H and O–H groups in total. The number of hydrogen-bond acceptors (Lipinski definition) is 1. The summed E-state index contributed by atoms with van der Waals surface area (Å²) in [6.45, 7) is 0. The van der Waals surface area contributed by atoms with Gasteiger partial charge in [-0.2, -0.15) is 0 Å². The quantitative estimate of drug-likeness (QED) is 0.668. The summed E-state index contributed by atoms with van der Waals surface area (Å²) in [5, 5.41) is 0. The lowest BCUT2D eigenvalue weighted by Crippen LogP contribution is -2.48. The van der Waals surface area contributed by atoms with Crippen molar-refractivity contribution in [3.63, 3.8) is 0 Å². The summed E-state index contributed by atoms with van der Waals surface area (Å²) in [5.74, 6) is 0.291. The first kappa shape index (κ1) is 8.72. The van der Waals surface area contributed by atoms with Gasteiger partial charge in [-0.05, 0) is 12.0 Å². The Labute approximate surface area is 89.2 Å². The van der Waals surface area contributed by atoms with Crippen LogP contribution < -0.4 is 0 Å². The van der Waals surface area contributed by atoms with Gasteiger partial charge in [-0.1, -0.05) is 36.4 Å². The van der Waals surface area contributed by atoms with Crippen molar-refractivity contribution >= 4 is 5.91 Å². The van der Waals surface area contributed by atoms with E-state index in [1.54, 1.807) is 0 Å². The van der Waals surface area contributed by atoms with Crippen LogP contribution >= 0.6 is 0 Å². The Balaban J connectivity index is 1.77. The molecule has 0 aliphatic carbocycles. The Morgan fingerprint density at radius 2 is 2.07 bits per heavy atom. The number of carbonyl (C=O) groups is 1. The molecular formula is C13H13NO. The number of allylic oxidation sites excluding steroid dienone is 1. The van der Waals surface area contributed by atoms with Gasteiger partial charge in [-0.25, -0.2) is 0 Å². The van der Waals surface area contributed by atoms with Crippen molar-refractivity contribution in [2.75, 3.05) is 0 Å². The van der Waals surface area contributed by atoms with Gasteiger partial charge in [0.05, 0.1) is 0 Å². The third-order valence-corrected chi connectivity index (χ3v) is 3.21. The van der Waals surface area contributed by atoms with Gasteiger partial charge >= 0.3 is 0 Å². The number of fused-ring (bicyclic) bond motifs is 1. The average molecular weight is 199 g/mol. The first-order chi connectivity index (χ1) is 7.34. The number of carbonyl (C=O) groups excluding carboxylic acids is 1. The fourth-order valence-corrected chi connectivity index (χ4v) is 2.40. The lowest BCUT2D eigenvalue weighted by molar-refractivity contribution is -0.141. The Kier molecular flexibility index (Phi) is 1.88. The molecule has 1 aromatic carbocycles. The third kappa shape index (κ3) is 1.37. The van der Waals surface area contributed by atoms with Gasteiger partial charge < -0.3 is 4.90 Å². The van der Waals surface area contributed by atoms with Crippen molar-refractivity contribution in [1.29, 1.82) is 0 Å². The van der Waals surface area contributed by atoms with Crippen molar-refractivity contribution in [2.24, 2.45) is 0 Å². The smallest absolute Gasteiger partial charge is 0.229 e. The van der Waals surface area contributed by atoms with E-state index in [0.717, 1.165) is 19.3 Å². The van der Waals surface area contributed by atoms with Gasteiger partial charge in [0.2, 0.25) is 5.91 Å². The van der Waals surface area contributed by atoms with E-state index < -0.39 is 0 Å². The molecule has 0 unspecified atom stereocenters. The fourth-order valence-electron chi connectivity index (χ4n) is 2.40. The van der Waals surface area contributed by atoms with Gasteiger partial charge in [0, 0.05) is 24.6 Å². The fraction of sp³-hybridized carbons (Fsp3) is 0.308. The molecule has 1 saturated heterocycles. The summed E-state index contributed by atoms with van der Waals surface area (Å²) in [6.07, 6.45) is 4.90. The summed E-state index contributed by atoms with van der Waals surface area (Å²) in [4.78, 5) is 13.4. The van der Waals surface area contributed by atoms with Gasteiger partial charge in [0.15, 0.2) is 0 Å². The van der Waals surface area contributed by atoms with Gasteiger partial charge in [0.25, 0.3) is 0 Å². The number of nitrogens with zero attached hydrogens (tertiary/aromatic N) is 1. The summed E-state index contributed by atoms with van der Waals surface area (Å²) in [6, 6.07) is 10.8. The summed E-state index contributed by atoms with van der Waals surface area (Å²) in [7, 11) is 0. The lowest BCUT2D eigenvalue weighted by Gasteiger charge is -2.37. The van der Waals surface area contributed by atoms with E-state index >= 15 is 0 Å². The van der Waals surface area contributed by atoms with Crippen molar-refractivity contribution < 1.29 is 4.79 Å². The van der Waals surface area contributed by atoms with Gasteiger partial charge in [-0.15, -0.1) is 0 Å². The third-order valence-electron chi connectivity index (χ3n) is 3.21. The van der Waals surface area contributed by atoms with E-state index in [-0.39, 0.29) is 0 Å². The van der Waals surface area contributed by atoms with Crippen LogP contribution in [0.15, 0.2) is 42.1 Å². The van der Waals surface area contributed by atoms with E-state index in [1.165, 1.54) is 11.3 Å². The number of hydrogen-bond donors (Lipinski definition) is 0. The molecule has 0 aromatic heterocycles. The highest BCUT2D eigenvalue weighted by atomic mass is 16.2. The van der Waals surface area contributed by atoms with Crippen LogP contribution in [-0.4, -0.2) is 16.8 Å². The normalized spacial score (nSPS) is 23.5. The van der Waals surface area contributed by atoms with E-state index in [2.05, 4.69) is 18.2 Å². The van der Waals surface area contributed by atoms with Crippen molar-refractivity contribution in [1.82, 2.24) is 4.90 Å². The molecule has 15 heavy (non-hydrogen) atoms. The number of benzene rings is 1. The zero-order chi connectivity index (χ0) is 10.3. The van der Waals surface area contributed by atoms with E-state index in [9.17, 15) is 4.79 Å². The summed E-state index contributed by atoms with van der Waals surface area (Å²) < 4.78 is 0. The second-order valence-electron chi connectivity index (χ2n) is 4.22. The highest BCUT2D eigenvalue weighted by Crippen LogP contribution is 2.34. The molecular weight excluding hydrogens is 186 g/mol.